The van der Waals surface area contributed by atoms with Gasteiger partial charge in [0.25, 0.3) is 0 Å². The van der Waals surface area contributed by atoms with Crippen LogP contribution in [0.2, 0.25) is 0 Å². The van der Waals surface area contributed by atoms with E-state index in [1.165, 1.54) is 10.4 Å². The zero-order valence-electron chi connectivity index (χ0n) is 14.2. The standard InChI is InChI=1S/C20H23N3S/c1-22(2)14-9-15-23-16-19(17-10-5-3-6-11-17)24-20(23)21-18-12-7-4-8-13-18/h3-8,10-13,16H,9,14-15H2,1-2H3. The van der Waals surface area contributed by atoms with Gasteiger partial charge < -0.3 is 9.47 Å². The van der Waals surface area contributed by atoms with Crippen LogP contribution < -0.4 is 4.80 Å². The van der Waals surface area contributed by atoms with Gasteiger partial charge in [0, 0.05) is 12.7 Å². The lowest BCUT2D eigenvalue weighted by atomic mass is 10.2. The molecule has 0 N–H and O–H groups in total. The Morgan fingerprint density at radius 1 is 0.958 bits per heavy atom. The van der Waals surface area contributed by atoms with Gasteiger partial charge in [-0.25, -0.2) is 4.99 Å². The lowest BCUT2D eigenvalue weighted by Gasteiger charge is -2.09. The van der Waals surface area contributed by atoms with Gasteiger partial charge >= 0.3 is 0 Å². The molecule has 0 aliphatic heterocycles. The van der Waals surface area contributed by atoms with Crippen LogP contribution in [0.4, 0.5) is 5.69 Å². The molecule has 3 aromatic rings. The fraction of sp³-hybridized carbons (Fsp3) is 0.250. The van der Waals surface area contributed by atoms with Crippen molar-refractivity contribution in [1.82, 2.24) is 9.47 Å². The van der Waals surface area contributed by atoms with Gasteiger partial charge in [-0.1, -0.05) is 59.9 Å². The Kier molecular flexibility index (Phi) is 5.62. The Labute approximate surface area is 147 Å². The van der Waals surface area contributed by atoms with Crippen LogP contribution in [0.1, 0.15) is 6.42 Å². The molecule has 0 bridgehead atoms. The van der Waals surface area contributed by atoms with Crippen LogP contribution in [-0.4, -0.2) is 30.1 Å². The van der Waals surface area contributed by atoms with E-state index in [9.17, 15) is 0 Å². The normalized spacial score (nSPS) is 12.0. The van der Waals surface area contributed by atoms with E-state index in [1.54, 1.807) is 11.3 Å². The van der Waals surface area contributed by atoms with Gasteiger partial charge in [-0.3, -0.25) is 0 Å². The van der Waals surface area contributed by atoms with Crippen molar-refractivity contribution in [2.75, 3.05) is 20.6 Å². The summed E-state index contributed by atoms with van der Waals surface area (Å²) in [7, 11) is 4.23. The molecular formula is C20H23N3S. The molecule has 0 radical (unpaired) electrons. The van der Waals surface area contributed by atoms with Crippen LogP contribution in [0.25, 0.3) is 10.4 Å². The van der Waals surface area contributed by atoms with Gasteiger partial charge in [0.1, 0.15) is 0 Å². The van der Waals surface area contributed by atoms with Gasteiger partial charge in [0.2, 0.25) is 0 Å². The molecule has 124 valence electrons. The first-order chi connectivity index (χ1) is 11.7. The molecule has 2 aromatic carbocycles. The van der Waals surface area contributed by atoms with Gasteiger partial charge in [-0.05, 0) is 44.8 Å². The van der Waals surface area contributed by atoms with Gasteiger partial charge in [-0.2, -0.15) is 0 Å². The lowest BCUT2D eigenvalue weighted by Crippen LogP contribution is -2.19. The minimum absolute atomic E-state index is 0.979. The third-order valence-corrected chi connectivity index (χ3v) is 4.83. The van der Waals surface area contributed by atoms with Crippen molar-refractivity contribution in [3.05, 3.63) is 71.7 Å². The number of hydrogen-bond donors (Lipinski definition) is 0. The van der Waals surface area contributed by atoms with Crippen molar-refractivity contribution in [2.24, 2.45) is 4.99 Å². The first-order valence-electron chi connectivity index (χ1n) is 8.22. The number of rotatable bonds is 6. The highest BCUT2D eigenvalue weighted by Crippen LogP contribution is 2.22. The van der Waals surface area contributed by atoms with Crippen molar-refractivity contribution in [3.63, 3.8) is 0 Å². The molecule has 4 heteroatoms. The predicted octanol–water partition coefficient (Wildman–Crippen LogP) is 4.40. The first-order valence-corrected chi connectivity index (χ1v) is 9.04. The molecule has 0 fully saturated rings. The third-order valence-electron chi connectivity index (χ3n) is 3.76. The second-order valence-electron chi connectivity index (χ2n) is 6.04. The maximum atomic E-state index is 4.85. The Morgan fingerprint density at radius 3 is 2.29 bits per heavy atom. The second kappa shape index (κ2) is 8.08. The van der Waals surface area contributed by atoms with Crippen molar-refractivity contribution in [2.45, 2.75) is 13.0 Å². The molecule has 0 aliphatic rings. The number of aromatic nitrogens is 1. The SMILES string of the molecule is CN(C)CCCn1cc(-c2ccccc2)sc1=Nc1ccccc1. The van der Waals surface area contributed by atoms with Crippen LogP contribution in [0.3, 0.4) is 0 Å². The number of hydrogen-bond acceptors (Lipinski definition) is 3. The first kappa shape index (κ1) is 16.7. The van der Waals surface area contributed by atoms with Crippen LogP contribution in [0.5, 0.6) is 0 Å². The highest BCUT2D eigenvalue weighted by atomic mass is 32.1. The molecule has 0 atom stereocenters. The van der Waals surface area contributed by atoms with Gasteiger partial charge in [0.15, 0.2) is 4.80 Å². The summed E-state index contributed by atoms with van der Waals surface area (Å²) < 4.78 is 2.28. The average Bonchev–Trinajstić information content (AvgIpc) is 2.99. The molecular weight excluding hydrogens is 314 g/mol. The van der Waals surface area contributed by atoms with E-state index in [0.29, 0.717) is 0 Å². The summed E-state index contributed by atoms with van der Waals surface area (Å²) in [5.41, 5.74) is 2.25. The molecule has 0 spiro atoms. The highest BCUT2D eigenvalue weighted by molar-refractivity contribution is 7.12. The number of para-hydroxylation sites is 1. The minimum Gasteiger partial charge on any atom is -0.323 e. The monoisotopic (exact) mass is 337 g/mol. The molecule has 24 heavy (non-hydrogen) atoms. The maximum absolute atomic E-state index is 4.85. The van der Waals surface area contributed by atoms with Gasteiger partial charge in [-0.15, -0.1) is 0 Å². The van der Waals surface area contributed by atoms with Crippen molar-refractivity contribution >= 4 is 17.0 Å². The smallest absolute Gasteiger partial charge is 0.190 e. The van der Waals surface area contributed by atoms with Gasteiger partial charge in [0.05, 0.1) is 10.6 Å². The minimum atomic E-state index is 0.979. The number of benzene rings is 2. The summed E-state index contributed by atoms with van der Waals surface area (Å²) in [6, 6.07) is 20.7. The van der Waals surface area contributed by atoms with Crippen LogP contribution in [0.15, 0.2) is 71.9 Å². The summed E-state index contributed by atoms with van der Waals surface area (Å²) in [5, 5.41) is 0. The number of aryl methyl sites for hydroxylation is 1. The number of nitrogens with zero attached hydrogens (tertiary/aromatic N) is 3. The predicted molar refractivity (Wildman–Crippen MR) is 103 cm³/mol. The van der Waals surface area contributed by atoms with Crippen LogP contribution in [-0.2, 0) is 6.54 Å². The average molecular weight is 337 g/mol. The van der Waals surface area contributed by atoms with Crippen LogP contribution >= 0.6 is 11.3 Å². The summed E-state index contributed by atoms with van der Waals surface area (Å²) in [6.07, 6.45) is 3.34. The zero-order chi connectivity index (χ0) is 16.8. The Hall–Kier alpha value is -2.17. The second-order valence-corrected chi connectivity index (χ2v) is 7.05. The lowest BCUT2D eigenvalue weighted by molar-refractivity contribution is 0.385. The molecule has 0 aliphatic carbocycles. The van der Waals surface area contributed by atoms with Crippen molar-refractivity contribution in [1.29, 1.82) is 0 Å². The molecule has 3 rings (SSSR count). The van der Waals surface area contributed by atoms with E-state index in [1.807, 2.05) is 30.3 Å². The molecule has 1 heterocycles. The molecule has 0 saturated carbocycles. The largest absolute Gasteiger partial charge is 0.323 e. The number of thiazole rings is 1. The van der Waals surface area contributed by atoms with Crippen molar-refractivity contribution in [3.8, 4) is 10.4 Å². The molecule has 1 aromatic heterocycles. The summed E-state index contributed by atoms with van der Waals surface area (Å²) in [6.45, 7) is 2.06. The fourth-order valence-corrected chi connectivity index (χ4v) is 3.58. The Balaban J connectivity index is 1.95. The Bertz CT molecular complexity index is 817. The molecule has 0 unspecified atom stereocenters. The highest BCUT2D eigenvalue weighted by Gasteiger charge is 2.05. The summed E-state index contributed by atoms with van der Waals surface area (Å²) in [4.78, 5) is 9.39. The topological polar surface area (TPSA) is 20.5 Å². The van der Waals surface area contributed by atoms with E-state index < -0.39 is 0 Å². The van der Waals surface area contributed by atoms with E-state index in [0.717, 1.165) is 30.0 Å². The third kappa shape index (κ3) is 4.43. The van der Waals surface area contributed by atoms with E-state index in [2.05, 4.69) is 60.1 Å². The zero-order valence-corrected chi connectivity index (χ0v) is 15.0. The molecule has 0 amide bonds. The Morgan fingerprint density at radius 2 is 1.62 bits per heavy atom. The fourth-order valence-electron chi connectivity index (χ4n) is 2.53. The van der Waals surface area contributed by atoms with Crippen molar-refractivity contribution < 1.29 is 0 Å². The molecule has 3 nitrogen and oxygen atoms in total. The van der Waals surface area contributed by atoms with E-state index in [4.69, 9.17) is 4.99 Å². The maximum Gasteiger partial charge on any atom is 0.190 e. The van der Waals surface area contributed by atoms with E-state index >= 15 is 0 Å². The summed E-state index contributed by atoms with van der Waals surface area (Å²) in [5.74, 6) is 0. The molecule has 0 saturated heterocycles. The van der Waals surface area contributed by atoms with E-state index in [-0.39, 0.29) is 0 Å². The van der Waals surface area contributed by atoms with Crippen LogP contribution in [0, 0.1) is 0 Å². The quantitative estimate of drug-likeness (QED) is 0.653. The summed E-state index contributed by atoms with van der Waals surface area (Å²) >= 11 is 1.75.